The zero-order chi connectivity index (χ0) is 37.1. The Morgan fingerprint density at radius 2 is 1.43 bits per heavy atom. The molecule has 0 aliphatic carbocycles. The first-order valence-corrected chi connectivity index (χ1v) is 15.8. The fourth-order valence-corrected chi connectivity index (χ4v) is 4.49. The first-order valence-electron chi connectivity index (χ1n) is 15.8. The van der Waals surface area contributed by atoms with Gasteiger partial charge in [-0.05, 0) is 136 Å². The van der Waals surface area contributed by atoms with Gasteiger partial charge in [0.2, 0.25) is 0 Å². The quantitative estimate of drug-likeness (QED) is 0.0522. The van der Waals surface area contributed by atoms with Gasteiger partial charge in [-0.2, -0.15) is 0 Å². The van der Waals surface area contributed by atoms with E-state index in [-0.39, 0.29) is 29.6 Å². The van der Waals surface area contributed by atoms with E-state index in [0.29, 0.717) is 28.3 Å². The zero-order valence-electron chi connectivity index (χ0n) is 28.7. The minimum Gasteiger partial charge on any atom is -0.447 e. The van der Waals surface area contributed by atoms with Crippen LogP contribution in [0.4, 0.5) is 16.2 Å². The number of anilines is 1. The van der Waals surface area contributed by atoms with Gasteiger partial charge in [0.15, 0.2) is 6.10 Å². The second kappa shape index (κ2) is 17.2. The summed E-state index contributed by atoms with van der Waals surface area (Å²) >= 11 is 0. The molecule has 1 atom stereocenters. The van der Waals surface area contributed by atoms with Crippen LogP contribution in [0.1, 0.15) is 56.8 Å². The predicted molar refractivity (Wildman–Crippen MR) is 189 cm³/mol. The standard InChI is InChI=1S/C39H36N2O10/c1-7-35(42)48-26(6)37(44)49-30-16-12-29(13-17-30)38(45)51-34-18-9-27(19-25(34)5)22-40-32-20-24(4)33(21-23(32)3)41-36(43)28-10-14-31(15-11-28)50-39(46)47-8-2/h7,9-22,26H,1,8H2,2-6H3,(H,41,43). The lowest BCUT2D eigenvalue weighted by molar-refractivity contribution is -0.157. The summed E-state index contributed by atoms with van der Waals surface area (Å²) in [6.07, 6.45) is 0.684. The maximum absolute atomic E-state index is 12.9. The Hall–Kier alpha value is -6.56. The Labute approximate surface area is 294 Å². The number of amides is 1. The van der Waals surface area contributed by atoms with E-state index in [1.54, 1.807) is 44.3 Å². The number of aliphatic imine (C=N–C) groups is 1. The molecule has 0 saturated carbocycles. The summed E-state index contributed by atoms with van der Waals surface area (Å²) in [5, 5.41) is 2.91. The number of nitrogens with zero attached hydrogens (tertiary/aromatic N) is 1. The lowest BCUT2D eigenvalue weighted by atomic mass is 10.1. The first kappa shape index (κ1) is 37.3. The summed E-state index contributed by atoms with van der Waals surface area (Å²) in [6, 6.07) is 20.8. The van der Waals surface area contributed by atoms with Crippen LogP contribution in [0.2, 0.25) is 0 Å². The van der Waals surface area contributed by atoms with Crippen molar-refractivity contribution in [3.8, 4) is 17.2 Å². The van der Waals surface area contributed by atoms with Crippen molar-refractivity contribution in [3.63, 3.8) is 0 Å². The average Bonchev–Trinajstić information content (AvgIpc) is 3.10. The second-order valence-electron chi connectivity index (χ2n) is 11.1. The van der Waals surface area contributed by atoms with E-state index in [1.807, 2.05) is 32.0 Å². The highest BCUT2D eigenvalue weighted by Gasteiger charge is 2.19. The molecule has 0 saturated heterocycles. The van der Waals surface area contributed by atoms with Crippen LogP contribution in [0.15, 0.2) is 96.5 Å². The smallest absolute Gasteiger partial charge is 0.447 e. The molecule has 1 N–H and O–H groups in total. The maximum atomic E-state index is 12.9. The van der Waals surface area contributed by atoms with Gasteiger partial charge in [-0.3, -0.25) is 9.79 Å². The van der Waals surface area contributed by atoms with E-state index in [1.165, 1.54) is 43.3 Å². The van der Waals surface area contributed by atoms with Gasteiger partial charge in [0.25, 0.3) is 5.91 Å². The van der Waals surface area contributed by atoms with Crippen molar-refractivity contribution in [3.05, 3.63) is 125 Å². The van der Waals surface area contributed by atoms with E-state index in [9.17, 15) is 24.0 Å². The summed E-state index contributed by atoms with van der Waals surface area (Å²) in [6.45, 7) is 12.1. The third kappa shape index (κ3) is 10.5. The highest BCUT2D eigenvalue weighted by Crippen LogP contribution is 2.28. The van der Waals surface area contributed by atoms with Crippen molar-refractivity contribution >= 4 is 47.6 Å². The molecule has 4 aromatic carbocycles. The highest BCUT2D eigenvalue weighted by molar-refractivity contribution is 6.05. The van der Waals surface area contributed by atoms with Crippen molar-refractivity contribution in [1.82, 2.24) is 0 Å². The molecular formula is C39H36N2O10. The largest absolute Gasteiger partial charge is 0.513 e. The molecule has 0 aliphatic heterocycles. The van der Waals surface area contributed by atoms with Gasteiger partial charge in [-0.1, -0.05) is 6.58 Å². The molecule has 12 heteroatoms. The molecule has 0 fully saturated rings. The lowest BCUT2D eigenvalue weighted by Gasteiger charge is -2.12. The van der Waals surface area contributed by atoms with Gasteiger partial charge in [0.1, 0.15) is 17.2 Å². The molecule has 0 bridgehead atoms. The van der Waals surface area contributed by atoms with Gasteiger partial charge in [-0.15, -0.1) is 0 Å². The summed E-state index contributed by atoms with van der Waals surface area (Å²) in [4.78, 5) is 65.2. The van der Waals surface area contributed by atoms with Crippen LogP contribution in [-0.2, 0) is 19.1 Å². The first-order chi connectivity index (χ1) is 24.4. The Morgan fingerprint density at radius 3 is 2.06 bits per heavy atom. The van der Waals surface area contributed by atoms with Gasteiger partial charge >= 0.3 is 24.1 Å². The molecule has 0 heterocycles. The number of carbonyl (C=O) groups is 5. The topological polar surface area (TPSA) is 156 Å². The van der Waals surface area contributed by atoms with E-state index in [4.69, 9.17) is 23.7 Å². The summed E-state index contributed by atoms with van der Waals surface area (Å²) in [5.41, 5.74) is 5.06. The molecule has 0 spiro atoms. The van der Waals surface area contributed by atoms with Gasteiger partial charge < -0.3 is 29.0 Å². The minimum absolute atomic E-state index is 0.161. The summed E-state index contributed by atoms with van der Waals surface area (Å²) in [5.74, 6) is -1.68. The van der Waals surface area contributed by atoms with Crippen LogP contribution in [0.25, 0.3) is 0 Å². The van der Waals surface area contributed by atoms with Crippen LogP contribution in [0.5, 0.6) is 17.2 Å². The SMILES string of the molecule is C=CC(=O)OC(C)C(=O)Oc1ccc(C(=O)Oc2ccc(C=Nc3cc(C)c(NC(=O)c4ccc(OC(=O)OCC)cc4)cc3C)cc2C)cc1. The molecule has 4 rings (SSSR count). The Kier molecular flexibility index (Phi) is 12.6. The molecule has 1 amide bonds. The van der Waals surface area contributed by atoms with Crippen LogP contribution in [-0.4, -0.2) is 48.9 Å². The Morgan fingerprint density at radius 1 is 0.784 bits per heavy atom. The number of aryl methyl sites for hydroxylation is 3. The van der Waals surface area contributed by atoms with Crippen LogP contribution in [0.3, 0.4) is 0 Å². The van der Waals surface area contributed by atoms with Crippen molar-refractivity contribution in [2.45, 2.75) is 40.7 Å². The third-order valence-electron chi connectivity index (χ3n) is 7.23. The van der Waals surface area contributed by atoms with Gasteiger partial charge in [0.05, 0.1) is 17.9 Å². The number of esters is 3. The highest BCUT2D eigenvalue weighted by atomic mass is 16.7. The molecular weight excluding hydrogens is 656 g/mol. The van der Waals surface area contributed by atoms with E-state index in [2.05, 4.69) is 16.9 Å². The van der Waals surface area contributed by atoms with Crippen LogP contribution in [0, 0.1) is 20.8 Å². The second-order valence-corrected chi connectivity index (χ2v) is 11.1. The van der Waals surface area contributed by atoms with E-state index >= 15 is 0 Å². The van der Waals surface area contributed by atoms with Crippen molar-refractivity contribution in [1.29, 1.82) is 0 Å². The number of benzene rings is 4. The number of nitrogens with one attached hydrogen (secondary N) is 1. The fourth-order valence-electron chi connectivity index (χ4n) is 4.49. The average molecular weight is 693 g/mol. The number of ether oxygens (including phenoxy) is 5. The lowest BCUT2D eigenvalue weighted by Crippen LogP contribution is -2.27. The summed E-state index contributed by atoms with van der Waals surface area (Å²) < 4.78 is 25.4. The van der Waals surface area contributed by atoms with E-state index in [0.717, 1.165) is 22.8 Å². The normalized spacial score (nSPS) is 11.2. The van der Waals surface area contributed by atoms with E-state index < -0.39 is 30.2 Å². The van der Waals surface area contributed by atoms with Crippen molar-refractivity contribution in [2.75, 3.05) is 11.9 Å². The van der Waals surface area contributed by atoms with Crippen LogP contribution >= 0.6 is 0 Å². The van der Waals surface area contributed by atoms with Crippen molar-refractivity contribution < 1.29 is 47.7 Å². The molecule has 0 aromatic heterocycles. The Balaban J connectivity index is 1.35. The fraction of sp³-hybridized carbons (Fsp3) is 0.179. The molecule has 51 heavy (non-hydrogen) atoms. The predicted octanol–water partition coefficient (Wildman–Crippen LogP) is 7.39. The summed E-state index contributed by atoms with van der Waals surface area (Å²) in [7, 11) is 0. The number of carbonyl (C=O) groups excluding carboxylic acids is 5. The minimum atomic E-state index is -1.14. The van der Waals surface area contributed by atoms with Crippen LogP contribution < -0.4 is 19.5 Å². The number of rotatable bonds is 12. The molecule has 0 aliphatic rings. The molecule has 1 unspecified atom stereocenters. The van der Waals surface area contributed by atoms with Crippen molar-refractivity contribution in [2.24, 2.45) is 4.99 Å². The molecule has 12 nitrogen and oxygen atoms in total. The number of hydrogen-bond donors (Lipinski definition) is 1. The monoisotopic (exact) mass is 692 g/mol. The number of hydrogen-bond acceptors (Lipinski definition) is 11. The zero-order valence-corrected chi connectivity index (χ0v) is 28.7. The van der Waals surface area contributed by atoms with Gasteiger partial charge in [0, 0.05) is 23.5 Å². The molecule has 4 aromatic rings. The maximum Gasteiger partial charge on any atom is 0.513 e. The third-order valence-corrected chi connectivity index (χ3v) is 7.23. The molecule has 262 valence electrons. The Bertz CT molecular complexity index is 1980. The molecule has 0 radical (unpaired) electrons. The van der Waals surface area contributed by atoms with Gasteiger partial charge in [-0.25, -0.2) is 19.2 Å².